The molecule has 1 aromatic rings. The van der Waals surface area contributed by atoms with Crippen LogP contribution in [-0.4, -0.2) is 13.1 Å². The normalized spacial score (nSPS) is 20.9. The van der Waals surface area contributed by atoms with E-state index in [2.05, 4.69) is 62.9 Å². The summed E-state index contributed by atoms with van der Waals surface area (Å²) < 4.78 is 2.37. The Labute approximate surface area is 102 Å². The molecule has 0 bridgehead atoms. The van der Waals surface area contributed by atoms with Crippen LogP contribution >= 0.6 is 31.9 Å². The first kappa shape index (κ1) is 10.5. The minimum absolute atomic E-state index is 0.642. The summed E-state index contributed by atoms with van der Waals surface area (Å²) >= 11 is 7.16. The molecule has 1 unspecified atom stereocenters. The Kier molecular flexibility index (Phi) is 2.89. The van der Waals surface area contributed by atoms with Gasteiger partial charge in [-0.15, -0.1) is 0 Å². The van der Waals surface area contributed by atoms with E-state index in [4.69, 9.17) is 0 Å². The molecule has 14 heavy (non-hydrogen) atoms. The zero-order valence-corrected chi connectivity index (χ0v) is 11.5. The molecule has 0 aromatic heterocycles. The second-order valence-corrected chi connectivity index (χ2v) is 5.65. The van der Waals surface area contributed by atoms with Crippen molar-refractivity contribution in [2.45, 2.75) is 25.8 Å². The fraction of sp³-hybridized carbons (Fsp3) is 0.455. The van der Waals surface area contributed by atoms with E-state index in [0.717, 1.165) is 4.47 Å². The Hall–Kier alpha value is -0.0200. The van der Waals surface area contributed by atoms with Crippen molar-refractivity contribution in [1.82, 2.24) is 0 Å². The van der Waals surface area contributed by atoms with Gasteiger partial charge in [-0.05, 0) is 37.5 Å². The van der Waals surface area contributed by atoms with Gasteiger partial charge in [0.1, 0.15) is 0 Å². The number of rotatable bonds is 0. The molecule has 0 amide bonds. The fourth-order valence-corrected chi connectivity index (χ4v) is 3.34. The zero-order chi connectivity index (χ0) is 10.3. The molecule has 0 N–H and O–H groups in total. The Balaban J connectivity index is 2.54. The third kappa shape index (κ3) is 1.72. The molecule has 3 heteroatoms. The van der Waals surface area contributed by atoms with Crippen molar-refractivity contribution in [3.05, 3.63) is 26.6 Å². The molecule has 0 saturated heterocycles. The van der Waals surface area contributed by atoms with Gasteiger partial charge in [0.05, 0.1) is 0 Å². The maximum absolute atomic E-state index is 3.62. The van der Waals surface area contributed by atoms with Crippen LogP contribution in [0.2, 0.25) is 0 Å². The van der Waals surface area contributed by atoms with Gasteiger partial charge in [0, 0.05) is 27.7 Å². The van der Waals surface area contributed by atoms with E-state index in [1.165, 1.54) is 28.6 Å². The first-order chi connectivity index (χ1) is 6.59. The number of fused-ring (bicyclic) bond motifs is 1. The highest BCUT2D eigenvalue weighted by Crippen LogP contribution is 2.37. The third-order valence-corrected chi connectivity index (χ3v) is 4.16. The molecule has 1 atom stereocenters. The Morgan fingerprint density at radius 2 is 2.07 bits per heavy atom. The summed E-state index contributed by atoms with van der Waals surface area (Å²) in [6.07, 6.45) is 2.42. The number of hydrogen-bond acceptors (Lipinski definition) is 1. The van der Waals surface area contributed by atoms with Gasteiger partial charge < -0.3 is 4.90 Å². The van der Waals surface area contributed by atoms with Crippen molar-refractivity contribution in [1.29, 1.82) is 0 Å². The largest absolute Gasteiger partial charge is 0.372 e. The van der Waals surface area contributed by atoms with Gasteiger partial charge in [-0.25, -0.2) is 0 Å². The van der Waals surface area contributed by atoms with Gasteiger partial charge in [-0.2, -0.15) is 0 Å². The maximum atomic E-state index is 3.62. The highest BCUT2D eigenvalue weighted by atomic mass is 79.9. The van der Waals surface area contributed by atoms with Crippen LogP contribution < -0.4 is 4.90 Å². The predicted octanol–water partition coefficient (Wildman–Crippen LogP) is 3.98. The minimum Gasteiger partial charge on any atom is -0.372 e. The molecule has 76 valence electrons. The lowest BCUT2D eigenvalue weighted by Gasteiger charge is -2.34. The monoisotopic (exact) mass is 317 g/mol. The first-order valence-corrected chi connectivity index (χ1v) is 6.39. The summed E-state index contributed by atoms with van der Waals surface area (Å²) in [4.78, 5) is 2.36. The molecule has 0 aliphatic carbocycles. The SMILES string of the molecule is CC1CCc2c(Br)cc(Br)cc2N1C. The lowest BCUT2D eigenvalue weighted by Crippen LogP contribution is -2.33. The summed E-state index contributed by atoms with van der Waals surface area (Å²) in [5, 5.41) is 0. The second-order valence-electron chi connectivity index (χ2n) is 3.88. The predicted molar refractivity (Wildman–Crippen MR) is 68.0 cm³/mol. The Morgan fingerprint density at radius 3 is 2.79 bits per heavy atom. The van der Waals surface area contributed by atoms with Gasteiger partial charge in [0.25, 0.3) is 0 Å². The standard InChI is InChI=1S/C11H13Br2N/c1-7-3-4-9-10(13)5-8(12)6-11(9)14(7)2/h5-7H,3-4H2,1-2H3. The highest BCUT2D eigenvalue weighted by Gasteiger charge is 2.21. The van der Waals surface area contributed by atoms with E-state index >= 15 is 0 Å². The lowest BCUT2D eigenvalue weighted by molar-refractivity contribution is 0.597. The number of anilines is 1. The summed E-state index contributed by atoms with van der Waals surface area (Å²) in [7, 11) is 2.17. The van der Waals surface area contributed by atoms with E-state index in [1.807, 2.05) is 0 Å². The van der Waals surface area contributed by atoms with Crippen molar-refractivity contribution in [3.63, 3.8) is 0 Å². The molecule has 0 radical (unpaired) electrons. The van der Waals surface area contributed by atoms with Crippen LogP contribution in [0.4, 0.5) is 5.69 Å². The summed E-state index contributed by atoms with van der Waals surface area (Å²) in [5.41, 5.74) is 2.79. The minimum atomic E-state index is 0.642. The quantitative estimate of drug-likeness (QED) is 0.699. The van der Waals surface area contributed by atoms with Gasteiger partial charge in [-0.1, -0.05) is 31.9 Å². The Morgan fingerprint density at radius 1 is 1.36 bits per heavy atom. The molecular formula is C11H13Br2N. The highest BCUT2D eigenvalue weighted by molar-refractivity contribution is 9.11. The molecule has 1 aromatic carbocycles. The molecular weight excluding hydrogens is 306 g/mol. The Bertz CT molecular complexity index is 363. The molecule has 1 heterocycles. The van der Waals surface area contributed by atoms with Crippen molar-refractivity contribution in [2.24, 2.45) is 0 Å². The van der Waals surface area contributed by atoms with Gasteiger partial charge in [0.15, 0.2) is 0 Å². The van der Waals surface area contributed by atoms with Gasteiger partial charge in [0.2, 0.25) is 0 Å². The number of hydrogen-bond donors (Lipinski definition) is 0. The van der Waals surface area contributed by atoms with Crippen LogP contribution in [0.3, 0.4) is 0 Å². The summed E-state index contributed by atoms with van der Waals surface area (Å²) in [6, 6.07) is 4.97. The molecule has 1 nitrogen and oxygen atoms in total. The van der Waals surface area contributed by atoms with Crippen LogP contribution in [0.1, 0.15) is 18.9 Å². The first-order valence-electron chi connectivity index (χ1n) is 4.80. The average Bonchev–Trinajstić information content (AvgIpc) is 2.12. The number of nitrogens with zero attached hydrogens (tertiary/aromatic N) is 1. The van der Waals surface area contributed by atoms with Crippen LogP contribution in [0.15, 0.2) is 21.1 Å². The molecule has 0 spiro atoms. The molecule has 0 fully saturated rings. The summed E-state index contributed by atoms with van der Waals surface area (Å²) in [5.74, 6) is 0. The smallest absolute Gasteiger partial charge is 0.0421 e. The van der Waals surface area contributed by atoms with E-state index < -0.39 is 0 Å². The van der Waals surface area contributed by atoms with E-state index in [9.17, 15) is 0 Å². The van der Waals surface area contributed by atoms with Gasteiger partial charge in [-0.3, -0.25) is 0 Å². The van der Waals surface area contributed by atoms with Crippen molar-refractivity contribution in [2.75, 3.05) is 11.9 Å². The third-order valence-electron chi connectivity index (χ3n) is 2.99. The molecule has 1 aliphatic rings. The van der Waals surface area contributed by atoms with Crippen LogP contribution in [0, 0.1) is 0 Å². The molecule has 0 saturated carbocycles. The lowest BCUT2D eigenvalue weighted by atomic mass is 9.97. The van der Waals surface area contributed by atoms with Gasteiger partial charge >= 0.3 is 0 Å². The maximum Gasteiger partial charge on any atom is 0.0421 e. The van der Waals surface area contributed by atoms with E-state index in [0.29, 0.717) is 6.04 Å². The van der Waals surface area contributed by atoms with E-state index in [-0.39, 0.29) is 0 Å². The van der Waals surface area contributed by atoms with Crippen LogP contribution in [-0.2, 0) is 6.42 Å². The molecule has 2 rings (SSSR count). The van der Waals surface area contributed by atoms with Crippen LogP contribution in [0.25, 0.3) is 0 Å². The van der Waals surface area contributed by atoms with Crippen molar-refractivity contribution in [3.8, 4) is 0 Å². The zero-order valence-electron chi connectivity index (χ0n) is 8.35. The second kappa shape index (κ2) is 3.86. The fourth-order valence-electron chi connectivity index (χ4n) is 1.94. The summed E-state index contributed by atoms with van der Waals surface area (Å²) in [6.45, 7) is 2.28. The molecule has 1 aliphatic heterocycles. The topological polar surface area (TPSA) is 3.24 Å². The number of halogens is 2. The van der Waals surface area contributed by atoms with E-state index in [1.54, 1.807) is 0 Å². The average molecular weight is 319 g/mol. The van der Waals surface area contributed by atoms with Crippen LogP contribution in [0.5, 0.6) is 0 Å². The number of benzene rings is 1. The van der Waals surface area contributed by atoms with Crippen molar-refractivity contribution >= 4 is 37.5 Å². The van der Waals surface area contributed by atoms with Crippen molar-refractivity contribution < 1.29 is 0 Å².